The lowest BCUT2D eigenvalue weighted by molar-refractivity contribution is 0.142. The van der Waals surface area contributed by atoms with Crippen LogP contribution in [0.4, 0.5) is 0 Å². The van der Waals surface area contributed by atoms with Crippen molar-refractivity contribution in [2.24, 2.45) is 0 Å². The van der Waals surface area contributed by atoms with E-state index >= 15 is 0 Å². The number of hydrogen-bond donors (Lipinski definition) is 1. The van der Waals surface area contributed by atoms with Gasteiger partial charge in [0.2, 0.25) is 0 Å². The predicted octanol–water partition coefficient (Wildman–Crippen LogP) is -0.135. The van der Waals surface area contributed by atoms with Gasteiger partial charge in [0.05, 0.1) is 12.6 Å². The molecule has 1 atom stereocenters. The molecule has 0 saturated carbocycles. The maximum atomic E-state index is 9.18. The third-order valence-electron chi connectivity index (χ3n) is 2.58. The first kappa shape index (κ1) is 9.61. The zero-order valence-electron chi connectivity index (χ0n) is 8.43. The molecule has 0 amide bonds. The average molecular weight is 196 g/mol. The van der Waals surface area contributed by atoms with Gasteiger partial charge < -0.3 is 9.67 Å². The van der Waals surface area contributed by atoms with Crippen molar-refractivity contribution < 1.29 is 5.11 Å². The Balaban J connectivity index is 1.88. The monoisotopic (exact) mass is 196 g/mol. The number of aliphatic hydroxyl groups excluding tert-OH is 1. The third-order valence-corrected chi connectivity index (χ3v) is 2.58. The topological polar surface area (TPSA) is 54.2 Å². The molecule has 5 heteroatoms. The quantitative estimate of drug-likeness (QED) is 0.731. The summed E-state index contributed by atoms with van der Waals surface area (Å²) in [7, 11) is 0. The summed E-state index contributed by atoms with van der Waals surface area (Å²) >= 11 is 0. The van der Waals surface area contributed by atoms with Crippen molar-refractivity contribution >= 4 is 0 Å². The molecular formula is C9H16N4O. The molecule has 1 aromatic rings. The first-order chi connectivity index (χ1) is 6.75. The van der Waals surface area contributed by atoms with Gasteiger partial charge in [0.25, 0.3) is 0 Å². The molecule has 14 heavy (non-hydrogen) atoms. The largest absolute Gasteiger partial charge is 0.393 e. The number of fused-ring (bicyclic) bond motifs is 1. The summed E-state index contributed by atoms with van der Waals surface area (Å²) in [5.41, 5.74) is 0. The molecule has 2 rings (SSSR count). The molecule has 0 spiro atoms. The highest BCUT2D eigenvalue weighted by molar-refractivity contribution is 4.89. The van der Waals surface area contributed by atoms with Crippen molar-refractivity contribution in [1.29, 1.82) is 0 Å². The second-order valence-corrected chi connectivity index (χ2v) is 3.85. The third kappa shape index (κ3) is 2.10. The van der Waals surface area contributed by atoms with Gasteiger partial charge >= 0.3 is 0 Å². The smallest absolute Gasteiger partial charge is 0.147 e. The number of aliphatic hydroxyl groups is 1. The Labute approximate surface area is 83.4 Å². The lowest BCUT2D eigenvalue weighted by Crippen LogP contribution is -2.35. The first-order valence-corrected chi connectivity index (χ1v) is 5.03. The minimum absolute atomic E-state index is 0.213. The number of rotatable bonds is 3. The molecule has 0 radical (unpaired) electrons. The summed E-state index contributed by atoms with van der Waals surface area (Å²) in [5, 5.41) is 17.1. The molecule has 0 aliphatic carbocycles. The van der Waals surface area contributed by atoms with Gasteiger partial charge in [-0.2, -0.15) is 0 Å². The molecule has 1 aliphatic rings. The van der Waals surface area contributed by atoms with Crippen LogP contribution in [0.3, 0.4) is 0 Å². The van der Waals surface area contributed by atoms with E-state index in [4.69, 9.17) is 0 Å². The fourth-order valence-electron chi connectivity index (χ4n) is 1.68. The summed E-state index contributed by atoms with van der Waals surface area (Å²) in [6, 6.07) is 0. The molecule has 0 bridgehead atoms. The van der Waals surface area contributed by atoms with Crippen molar-refractivity contribution in [2.75, 3.05) is 13.1 Å². The Morgan fingerprint density at radius 1 is 1.57 bits per heavy atom. The second kappa shape index (κ2) is 4.06. The molecule has 0 aromatic carbocycles. The van der Waals surface area contributed by atoms with Gasteiger partial charge in [-0.25, -0.2) is 0 Å². The molecule has 0 fully saturated rings. The number of hydrogen-bond acceptors (Lipinski definition) is 4. The minimum Gasteiger partial charge on any atom is -0.393 e. The van der Waals surface area contributed by atoms with Crippen molar-refractivity contribution in [3.63, 3.8) is 0 Å². The Morgan fingerprint density at radius 3 is 3.21 bits per heavy atom. The Kier molecular flexibility index (Phi) is 2.79. The van der Waals surface area contributed by atoms with Crippen molar-refractivity contribution in [3.05, 3.63) is 12.2 Å². The molecule has 1 aromatic heterocycles. The highest BCUT2D eigenvalue weighted by Gasteiger charge is 2.16. The maximum Gasteiger partial charge on any atom is 0.147 e. The molecule has 5 nitrogen and oxygen atoms in total. The average Bonchev–Trinajstić information content (AvgIpc) is 2.61. The van der Waals surface area contributed by atoms with Crippen molar-refractivity contribution in [2.45, 2.75) is 32.5 Å². The highest BCUT2D eigenvalue weighted by atomic mass is 16.3. The van der Waals surface area contributed by atoms with Gasteiger partial charge in [-0.05, 0) is 13.3 Å². The summed E-state index contributed by atoms with van der Waals surface area (Å²) in [5.74, 6) is 1.03. The lowest BCUT2D eigenvalue weighted by atomic mass is 10.2. The SMILES string of the molecule is CC(O)CCN1CCn2cnnc2C1. The molecule has 1 N–H and O–H groups in total. The fourth-order valence-corrected chi connectivity index (χ4v) is 1.68. The van der Waals surface area contributed by atoms with Gasteiger partial charge in [-0.1, -0.05) is 0 Å². The van der Waals surface area contributed by atoms with Crippen LogP contribution in [0.1, 0.15) is 19.2 Å². The predicted molar refractivity (Wildman–Crippen MR) is 51.6 cm³/mol. The molecule has 1 aliphatic heterocycles. The van der Waals surface area contributed by atoms with Gasteiger partial charge in [-0.15, -0.1) is 10.2 Å². The van der Waals surface area contributed by atoms with E-state index in [0.717, 1.165) is 38.4 Å². The van der Waals surface area contributed by atoms with Crippen molar-refractivity contribution in [3.8, 4) is 0 Å². The fraction of sp³-hybridized carbons (Fsp3) is 0.778. The van der Waals surface area contributed by atoms with E-state index in [1.807, 2.05) is 6.92 Å². The van der Waals surface area contributed by atoms with Gasteiger partial charge in [0, 0.05) is 19.6 Å². The molecule has 2 heterocycles. The summed E-state index contributed by atoms with van der Waals surface area (Å²) in [6.07, 6.45) is 2.39. The normalized spacial score (nSPS) is 19.3. The van der Waals surface area contributed by atoms with Gasteiger partial charge in [0.1, 0.15) is 12.2 Å². The van der Waals surface area contributed by atoms with E-state index in [-0.39, 0.29) is 6.10 Å². The van der Waals surface area contributed by atoms with Crippen LogP contribution in [0.15, 0.2) is 6.33 Å². The summed E-state index contributed by atoms with van der Waals surface area (Å²) in [4.78, 5) is 2.30. The van der Waals surface area contributed by atoms with E-state index in [1.165, 1.54) is 0 Å². The van der Waals surface area contributed by atoms with Crippen molar-refractivity contribution in [1.82, 2.24) is 19.7 Å². The Bertz CT molecular complexity index is 297. The lowest BCUT2D eigenvalue weighted by Gasteiger charge is -2.27. The maximum absolute atomic E-state index is 9.18. The minimum atomic E-state index is -0.213. The van der Waals surface area contributed by atoms with Crippen LogP contribution in [-0.4, -0.2) is 44.0 Å². The zero-order valence-corrected chi connectivity index (χ0v) is 8.43. The van der Waals surface area contributed by atoms with E-state index in [0.29, 0.717) is 0 Å². The van der Waals surface area contributed by atoms with Gasteiger partial charge in [0.15, 0.2) is 0 Å². The highest BCUT2D eigenvalue weighted by Crippen LogP contribution is 2.09. The van der Waals surface area contributed by atoms with Gasteiger partial charge in [-0.3, -0.25) is 4.90 Å². The van der Waals surface area contributed by atoms with E-state index in [9.17, 15) is 5.11 Å². The van der Waals surface area contributed by atoms with Crippen LogP contribution in [0.5, 0.6) is 0 Å². The first-order valence-electron chi connectivity index (χ1n) is 5.03. The van der Waals surface area contributed by atoms with Crippen LogP contribution < -0.4 is 0 Å². The van der Waals surface area contributed by atoms with E-state index < -0.39 is 0 Å². The Morgan fingerprint density at radius 2 is 2.43 bits per heavy atom. The van der Waals surface area contributed by atoms with Crippen LogP contribution >= 0.6 is 0 Å². The molecule has 0 saturated heterocycles. The number of nitrogens with zero attached hydrogens (tertiary/aromatic N) is 4. The van der Waals surface area contributed by atoms with E-state index in [1.54, 1.807) is 6.33 Å². The molecule has 1 unspecified atom stereocenters. The summed E-state index contributed by atoms with van der Waals surface area (Å²) < 4.78 is 2.08. The molecular weight excluding hydrogens is 180 g/mol. The zero-order chi connectivity index (χ0) is 9.97. The van der Waals surface area contributed by atoms with Crippen LogP contribution in [0.2, 0.25) is 0 Å². The summed E-state index contributed by atoms with van der Waals surface area (Å²) in [6.45, 7) is 5.60. The Hall–Kier alpha value is -0.940. The standard InChI is InChI=1S/C9H16N4O/c1-8(14)2-3-12-4-5-13-7-10-11-9(13)6-12/h7-8,14H,2-6H2,1H3. The molecule has 78 valence electrons. The van der Waals surface area contributed by atoms with Crippen LogP contribution in [0, 0.1) is 0 Å². The number of aromatic nitrogens is 3. The second-order valence-electron chi connectivity index (χ2n) is 3.85. The van der Waals surface area contributed by atoms with Crippen LogP contribution in [0.25, 0.3) is 0 Å². The van der Waals surface area contributed by atoms with Crippen LogP contribution in [-0.2, 0) is 13.1 Å². The van der Waals surface area contributed by atoms with E-state index in [2.05, 4.69) is 19.7 Å².